The smallest absolute Gasteiger partial charge is 0.273 e. The molecule has 1 N–H and O–H groups in total. The minimum absolute atomic E-state index is 0.185. The normalized spacial score (nSPS) is 12.9. The van der Waals surface area contributed by atoms with Gasteiger partial charge in [-0.05, 0) is 72.9 Å². The van der Waals surface area contributed by atoms with Gasteiger partial charge in [-0.3, -0.25) is 9.20 Å². The Morgan fingerprint density at radius 2 is 1.68 bits per heavy atom. The highest BCUT2D eigenvalue weighted by Crippen LogP contribution is 2.40. The Balaban J connectivity index is 1.60. The zero-order valence-corrected chi connectivity index (χ0v) is 21.8. The van der Waals surface area contributed by atoms with E-state index in [1.807, 2.05) is 60.7 Å². The Hall–Kier alpha value is -3.67. The lowest BCUT2D eigenvalue weighted by atomic mass is 9.97. The van der Waals surface area contributed by atoms with Gasteiger partial charge in [-0.1, -0.05) is 53.5 Å². The minimum Gasteiger partial charge on any atom is -0.497 e. The number of hydrogen-bond acceptors (Lipinski definition) is 2. The highest BCUT2D eigenvalue weighted by Gasteiger charge is 2.29. The van der Waals surface area contributed by atoms with E-state index in [1.165, 1.54) is 5.56 Å². The third-order valence-corrected chi connectivity index (χ3v) is 7.44. The summed E-state index contributed by atoms with van der Waals surface area (Å²) < 4.78 is 9.79. The molecule has 0 saturated carbocycles. The van der Waals surface area contributed by atoms with Crippen LogP contribution in [0.15, 0.2) is 79.0 Å². The molecule has 37 heavy (non-hydrogen) atoms. The van der Waals surface area contributed by atoms with Gasteiger partial charge < -0.3 is 14.6 Å². The van der Waals surface area contributed by atoms with E-state index in [0.717, 1.165) is 59.6 Å². The van der Waals surface area contributed by atoms with Crippen molar-refractivity contribution in [3.63, 3.8) is 0 Å². The number of rotatable bonds is 5. The summed E-state index contributed by atoms with van der Waals surface area (Å²) in [4.78, 5) is 14.0. The zero-order valence-electron chi connectivity index (χ0n) is 20.3. The maximum atomic E-state index is 14.0. The second-order valence-corrected chi connectivity index (χ2v) is 10.1. The van der Waals surface area contributed by atoms with E-state index in [9.17, 15) is 4.79 Å². The van der Waals surface area contributed by atoms with Gasteiger partial charge >= 0.3 is 0 Å². The van der Waals surface area contributed by atoms with Crippen LogP contribution in [0.4, 0.5) is 5.69 Å². The van der Waals surface area contributed by atoms with Crippen LogP contribution < -0.4 is 10.1 Å². The van der Waals surface area contributed by atoms with Gasteiger partial charge in [-0.25, -0.2) is 0 Å². The second kappa shape index (κ2) is 9.66. The Bertz CT molecular complexity index is 1620. The molecule has 1 aliphatic heterocycles. The van der Waals surface area contributed by atoms with Crippen molar-refractivity contribution in [3.8, 4) is 28.1 Å². The molecule has 0 fully saturated rings. The molecule has 3 aromatic carbocycles. The quantitative estimate of drug-likeness (QED) is 0.251. The summed E-state index contributed by atoms with van der Waals surface area (Å²) in [7, 11) is 1.65. The van der Waals surface area contributed by atoms with Gasteiger partial charge in [0.05, 0.1) is 12.8 Å². The topological polar surface area (TPSA) is 47.7 Å². The third-order valence-electron chi connectivity index (χ3n) is 6.95. The van der Waals surface area contributed by atoms with E-state index >= 15 is 0 Å². The van der Waals surface area contributed by atoms with Crippen molar-refractivity contribution in [1.82, 2.24) is 8.97 Å². The van der Waals surface area contributed by atoms with E-state index in [0.29, 0.717) is 21.4 Å². The van der Waals surface area contributed by atoms with E-state index in [1.54, 1.807) is 19.2 Å². The number of amides is 1. The number of carbonyl (C=O) groups is 1. The fourth-order valence-corrected chi connectivity index (χ4v) is 5.60. The molecule has 5 aromatic rings. The fraction of sp³-hybridized carbons (Fsp3) is 0.167. The van der Waals surface area contributed by atoms with Gasteiger partial charge in [0.1, 0.15) is 17.1 Å². The van der Waals surface area contributed by atoms with Crippen LogP contribution >= 0.6 is 23.2 Å². The highest BCUT2D eigenvalue weighted by molar-refractivity contribution is 6.31. The van der Waals surface area contributed by atoms with Crippen molar-refractivity contribution >= 4 is 40.4 Å². The fourth-order valence-electron chi connectivity index (χ4n) is 5.29. The molecular weight excluding hydrogens is 505 g/mol. The van der Waals surface area contributed by atoms with Gasteiger partial charge in [-0.15, -0.1) is 0 Å². The number of ether oxygens (including phenoxy) is 1. The second-order valence-electron chi connectivity index (χ2n) is 9.22. The molecular formula is C30H25Cl2N3O2. The molecule has 6 rings (SSSR count). The molecule has 7 heteroatoms. The summed E-state index contributed by atoms with van der Waals surface area (Å²) in [5, 5.41) is 4.34. The first-order chi connectivity index (χ1) is 18.0. The van der Waals surface area contributed by atoms with E-state index < -0.39 is 0 Å². The first-order valence-electron chi connectivity index (χ1n) is 12.3. The SMILES string of the molecule is COc1ccc(-c2c3c4n(c(-c5ccc(Cl)cc5)cn4c2C(=O)Nc2cccc(Cl)c2)CCCC3)cc1. The third kappa shape index (κ3) is 4.28. The molecule has 186 valence electrons. The number of benzene rings is 3. The standard InChI is InChI=1S/C30H25Cl2N3O2/c1-37-24-14-10-20(11-15-24)27-25-7-2-3-16-34-26(19-8-12-21(31)13-9-19)18-35(30(25)34)28(27)29(36)33-23-6-4-5-22(32)17-23/h4-6,8-15,17-18H,2-3,7,16H2,1H3,(H,33,36). The van der Waals surface area contributed by atoms with E-state index in [2.05, 4.69) is 20.5 Å². The molecule has 3 heterocycles. The summed E-state index contributed by atoms with van der Waals surface area (Å²) in [6, 6.07) is 23.0. The van der Waals surface area contributed by atoms with Crippen molar-refractivity contribution in [3.05, 3.63) is 100 Å². The van der Waals surface area contributed by atoms with Crippen LogP contribution in [0.25, 0.3) is 28.0 Å². The van der Waals surface area contributed by atoms with E-state index in [-0.39, 0.29) is 5.91 Å². The summed E-state index contributed by atoms with van der Waals surface area (Å²) in [5.41, 5.74) is 7.56. The summed E-state index contributed by atoms with van der Waals surface area (Å²) in [6.07, 6.45) is 5.07. The number of nitrogens with zero attached hydrogens (tertiary/aromatic N) is 2. The number of nitrogens with one attached hydrogen (secondary N) is 1. The zero-order chi connectivity index (χ0) is 25.5. The van der Waals surface area contributed by atoms with Crippen molar-refractivity contribution in [2.75, 3.05) is 12.4 Å². The van der Waals surface area contributed by atoms with Crippen molar-refractivity contribution < 1.29 is 9.53 Å². The van der Waals surface area contributed by atoms with Crippen molar-refractivity contribution in [2.45, 2.75) is 25.8 Å². The average molecular weight is 530 g/mol. The first kappa shape index (κ1) is 23.7. The molecule has 0 aliphatic carbocycles. The Morgan fingerprint density at radius 3 is 2.41 bits per heavy atom. The lowest BCUT2D eigenvalue weighted by Crippen LogP contribution is -2.15. The Morgan fingerprint density at radius 1 is 0.919 bits per heavy atom. The molecule has 1 amide bonds. The number of aryl methyl sites for hydroxylation is 2. The van der Waals surface area contributed by atoms with Gasteiger partial charge in [0.2, 0.25) is 0 Å². The van der Waals surface area contributed by atoms with Gasteiger partial charge in [0, 0.05) is 39.6 Å². The van der Waals surface area contributed by atoms with Crippen LogP contribution in [0.1, 0.15) is 28.9 Å². The van der Waals surface area contributed by atoms with Gasteiger partial charge in [0.25, 0.3) is 5.91 Å². The lowest BCUT2D eigenvalue weighted by molar-refractivity contribution is 0.102. The summed E-state index contributed by atoms with van der Waals surface area (Å²) in [5.74, 6) is 0.590. The summed E-state index contributed by atoms with van der Waals surface area (Å²) in [6.45, 7) is 0.878. The average Bonchev–Trinajstić information content (AvgIpc) is 3.32. The molecule has 0 spiro atoms. The molecule has 1 aliphatic rings. The Kier molecular flexibility index (Phi) is 6.19. The summed E-state index contributed by atoms with van der Waals surface area (Å²) >= 11 is 12.4. The maximum Gasteiger partial charge on any atom is 0.273 e. The largest absolute Gasteiger partial charge is 0.497 e. The molecule has 5 nitrogen and oxygen atoms in total. The number of aromatic nitrogens is 2. The minimum atomic E-state index is -0.185. The van der Waals surface area contributed by atoms with Crippen LogP contribution in [0.3, 0.4) is 0 Å². The van der Waals surface area contributed by atoms with Gasteiger partial charge in [0.15, 0.2) is 0 Å². The first-order valence-corrected chi connectivity index (χ1v) is 13.0. The number of carbonyl (C=O) groups excluding carboxylic acids is 1. The Labute approximate surface area is 225 Å². The molecule has 0 bridgehead atoms. The number of imidazole rings is 1. The van der Waals surface area contributed by atoms with Crippen LogP contribution in [-0.2, 0) is 13.0 Å². The van der Waals surface area contributed by atoms with Crippen LogP contribution in [0, 0.1) is 0 Å². The van der Waals surface area contributed by atoms with Crippen LogP contribution in [0.5, 0.6) is 5.75 Å². The predicted octanol–water partition coefficient (Wildman–Crippen LogP) is 7.98. The molecule has 0 saturated heterocycles. The molecule has 0 unspecified atom stereocenters. The van der Waals surface area contributed by atoms with Crippen LogP contribution in [0.2, 0.25) is 10.0 Å². The van der Waals surface area contributed by atoms with Crippen molar-refractivity contribution in [1.29, 1.82) is 0 Å². The van der Waals surface area contributed by atoms with Crippen molar-refractivity contribution in [2.24, 2.45) is 0 Å². The molecule has 0 radical (unpaired) electrons. The number of methoxy groups -OCH3 is 1. The highest BCUT2D eigenvalue weighted by atomic mass is 35.5. The number of halogens is 2. The monoisotopic (exact) mass is 529 g/mol. The predicted molar refractivity (Wildman–Crippen MR) is 150 cm³/mol. The van der Waals surface area contributed by atoms with Crippen LogP contribution in [-0.4, -0.2) is 22.0 Å². The number of anilines is 1. The maximum absolute atomic E-state index is 14.0. The van der Waals surface area contributed by atoms with Gasteiger partial charge in [-0.2, -0.15) is 0 Å². The molecule has 2 aromatic heterocycles. The molecule has 0 atom stereocenters. The number of hydrogen-bond donors (Lipinski definition) is 1. The van der Waals surface area contributed by atoms with E-state index in [4.69, 9.17) is 27.9 Å². The lowest BCUT2D eigenvalue weighted by Gasteiger charge is -2.11.